The van der Waals surface area contributed by atoms with Crippen molar-refractivity contribution in [1.29, 1.82) is 0 Å². The van der Waals surface area contributed by atoms with Crippen molar-refractivity contribution in [3.63, 3.8) is 0 Å². The molecule has 2 heterocycles. The van der Waals surface area contributed by atoms with Gasteiger partial charge >= 0.3 is 0 Å². The highest BCUT2D eigenvalue weighted by atomic mass is 79.9. The zero-order valence-electron chi connectivity index (χ0n) is 18.1. The van der Waals surface area contributed by atoms with E-state index in [1.807, 2.05) is 49.4 Å². The number of carbonyl (C=O) groups excluding carboxylic acids is 1. The molecule has 164 valence electrons. The molecule has 0 aliphatic rings. The normalized spacial score (nSPS) is 11.0. The first-order valence-corrected chi connectivity index (χ1v) is 10.7. The van der Waals surface area contributed by atoms with Crippen LogP contribution >= 0.6 is 15.9 Å². The lowest BCUT2D eigenvalue weighted by Crippen LogP contribution is -2.19. The number of fused-ring (bicyclic) bond motifs is 1. The van der Waals surface area contributed by atoms with E-state index < -0.39 is 5.91 Å². The third kappa shape index (κ3) is 4.09. The molecule has 0 saturated heterocycles. The van der Waals surface area contributed by atoms with E-state index in [1.165, 1.54) is 0 Å². The van der Waals surface area contributed by atoms with Gasteiger partial charge in [-0.15, -0.1) is 10.2 Å². The lowest BCUT2D eigenvalue weighted by Gasteiger charge is -2.11. The number of rotatable bonds is 6. The van der Waals surface area contributed by atoms with E-state index >= 15 is 0 Å². The summed E-state index contributed by atoms with van der Waals surface area (Å²) in [5.41, 5.74) is 5.33. The summed E-state index contributed by atoms with van der Waals surface area (Å²) in [6.45, 7) is 4.03. The second-order valence-corrected chi connectivity index (χ2v) is 8.20. The Morgan fingerprint density at radius 1 is 1.09 bits per heavy atom. The Bertz CT molecular complexity index is 1300. The Kier molecular flexibility index (Phi) is 6.20. The van der Waals surface area contributed by atoms with Crippen molar-refractivity contribution in [3.05, 3.63) is 69.6 Å². The number of aromatic nitrogens is 4. The maximum atomic E-state index is 13.0. The van der Waals surface area contributed by atoms with E-state index in [0.29, 0.717) is 35.1 Å². The maximum Gasteiger partial charge on any atom is 0.278 e. The minimum Gasteiger partial charge on any atom is -0.495 e. The van der Waals surface area contributed by atoms with Crippen LogP contribution in [-0.2, 0) is 11.3 Å². The minimum atomic E-state index is -0.394. The third-order valence-electron chi connectivity index (χ3n) is 5.07. The summed E-state index contributed by atoms with van der Waals surface area (Å²) < 4.78 is 13.3. The van der Waals surface area contributed by atoms with Gasteiger partial charge in [0.25, 0.3) is 5.91 Å². The molecule has 0 saturated carbocycles. The molecule has 4 rings (SSSR count). The quantitative estimate of drug-likeness (QED) is 0.421. The predicted molar refractivity (Wildman–Crippen MR) is 125 cm³/mol. The standard InChI is InChI=1S/C23H22BrN5O3/c1-13-5-10-19(32-4)17(11-13)25-23(30)21-14(2)29-22(27-26-21)20(18(28-29)12-31-3)15-6-8-16(24)9-7-15/h5-11H,12H2,1-4H3,(H,25,30). The molecule has 0 atom stereocenters. The molecule has 0 spiro atoms. The molecule has 9 heteroatoms. The van der Waals surface area contributed by atoms with Crippen molar-refractivity contribution >= 4 is 33.2 Å². The second kappa shape index (κ2) is 9.05. The molecule has 32 heavy (non-hydrogen) atoms. The Labute approximate surface area is 193 Å². The maximum absolute atomic E-state index is 13.0. The van der Waals surface area contributed by atoms with Gasteiger partial charge in [0, 0.05) is 11.6 Å². The van der Waals surface area contributed by atoms with Gasteiger partial charge in [-0.1, -0.05) is 34.1 Å². The number of aryl methyl sites for hydroxylation is 2. The van der Waals surface area contributed by atoms with E-state index in [2.05, 4.69) is 36.5 Å². The molecule has 8 nitrogen and oxygen atoms in total. The van der Waals surface area contributed by atoms with Crippen LogP contribution in [0.3, 0.4) is 0 Å². The molecular weight excluding hydrogens is 474 g/mol. The van der Waals surface area contributed by atoms with Crippen molar-refractivity contribution in [2.75, 3.05) is 19.5 Å². The van der Waals surface area contributed by atoms with Gasteiger partial charge in [-0.05, 0) is 49.2 Å². The number of hydrogen-bond acceptors (Lipinski definition) is 6. The Morgan fingerprint density at radius 3 is 2.53 bits per heavy atom. The number of nitrogens with one attached hydrogen (secondary N) is 1. The summed E-state index contributed by atoms with van der Waals surface area (Å²) in [7, 11) is 3.17. The summed E-state index contributed by atoms with van der Waals surface area (Å²) in [5, 5.41) is 16.1. The number of methoxy groups -OCH3 is 2. The zero-order chi connectivity index (χ0) is 22.8. The smallest absolute Gasteiger partial charge is 0.278 e. The predicted octanol–water partition coefficient (Wildman–Crippen LogP) is 4.58. The summed E-state index contributed by atoms with van der Waals surface area (Å²) in [6.07, 6.45) is 0. The van der Waals surface area contributed by atoms with Gasteiger partial charge in [0.1, 0.15) is 5.75 Å². The van der Waals surface area contributed by atoms with Gasteiger partial charge in [0.2, 0.25) is 0 Å². The molecular formula is C23H22BrN5O3. The van der Waals surface area contributed by atoms with Crippen LogP contribution in [0.1, 0.15) is 27.4 Å². The largest absolute Gasteiger partial charge is 0.495 e. The van der Waals surface area contributed by atoms with Gasteiger partial charge in [-0.25, -0.2) is 4.52 Å². The van der Waals surface area contributed by atoms with E-state index in [1.54, 1.807) is 25.7 Å². The first kappa shape index (κ1) is 21.9. The first-order valence-electron chi connectivity index (χ1n) is 9.88. The van der Waals surface area contributed by atoms with Gasteiger partial charge in [-0.2, -0.15) is 5.10 Å². The van der Waals surface area contributed by atoms with Crippen LogP contribution in [0.2, 0.25) is 0 Å². The van der Waals surface area contributed by atoms with E-state index in [4.69, 9.17) is 9.47 Å². The number of carbonyl (C=O) groups is 1. The minimum absolute atomic E-state index is 0.176. The van der Waals surface area contributed by atoms with E-state index in [-0.39, 0.29) is 5.69 Å². The van der Waals surface area contributed by atoms with Gasteiger partial charge < -0.3 is 14.8 Å². The molecule has 0 aliphatic carbocycles. The van der Waals surface area contributed by atoms with Crippen molar-refractivity contribution < 1.29 is 14.3 Å². The molecule has 0 bridgehead atoms. The van der Waals surface area contributed by atoms with Crippen LogP contribution in [0.25, 0.3) is 16.8 Å². The van der Waals surface area contributed by atoms with E-state index in [9.17, 15) is 4.79 Å². The highest BCUT2D eigenvalue weighted by Gasteiger charge is 2.22. The number of halogens is 1. The van der Waals surface area contributed by atoms with Crippen molar-refractivity contribution in [2.45, 2.75) is 20.5 Å². The van der Waals surface area contributed by atoms with Gasteiger partial charge in [-0.3, -0.25) is 4.79 Å². The molecule has 0 aliphatic heterocycles. The molecule has 0 unspecified atom stereocenters. The average Bonchev–Trinajstić information content (AvgIpc) is 3.14. The second-order valence-electron chi connectivity index (χ2n) is 7.29. The van der Waals surface area contributed by atoms with Crippen LogP contribution in [0, 0.1) is 13.8 Å². The number of ether oxygens (including phenoxy) is 2. The monoisotopic (exact) mass is 495 g/mol. The summed E-state index contributed by atoms with van der Waals surface area (Å²) in [5.74, 6) is 0.171. The topological polar surface area (TPSA) is 90.6 Å². The third-order valence-corrected chi connectivity index (χ3v) is 5.60. The zero-order valence-corrected chi connectivity index (χ0v) is 19.7. The van der Waals surface area contributed by atoms with Crippen molar-refractivity contribution in [3.8, 4) is 16.9 Å². The summed E-state index contributed by atoms with van der Waals surface area (Å²) in [6, 6.07) is 13.4. The molecule has 1 N–H and O–H groups in total. The fourth-order valence-corrected chi connectivity index (χ4v) is 3.77. The Balaban J connectivity index is 1.78. The Hall–Kier alpha value is -3.30. The van der Waals surface area contributed by atoms with E-state index in [0.717, 1.165) is 21.2 Å². The molecule has 0 radical (unpaired) electrons. The first-order chi connectivity index (χ1) is 15.4. The lowest BCUT2D eigenvalue weighted by molar-refractivity contribution is 0.101. The molecule has 0 fully saturated rings. The van der Waals surface area contributed by atoms with Gasteiger partial charge in [0.05, 0.1) is 36.4 Å². The summed E-state index contributed by atoms with van der Waals surface area (Å²) in [4.78, 5) is 13.0. The van der Waals surface area contributed by atoms with Crippen LogP contribution in [-0.4, -0.2) is 39.9 Å². The van der Waals surface area contributed by atoms with Crippen molar-refractivity contribution in [2.24, 2.45) is 0 Å². The number of hydrogen-bond donors (Lipinski definition) is 1. The molecule has 4 aromatic rings. The highest BCUT2D eigenvalue weighted by molar-refractivity contribution is 9.10. The Morgan fingerprint density at radius 2 is 1.84 bits per heavy atom. The molecule has 1 amide bonds. The van der Waals surface area contributed by atoms with Crippen LogP contribution < -0.4 is 10.1 Å². The number of amides is 1. The SMILES string of the molecule is COCc1nn2c(C)c(C(=O)Nc3cc(C)ccc3OC)nnc2c1-c1ccc(Br)cc1. The lowest BCUT2D eigenvalue weighted by atomic mass is 10.1. The molecule has 2 aromatic heterocycles. The molecule has 2 aromatic carbocycles. The van der Waals surface area contributed by atoms with Crippen LogP contribution in [0.15, 0.2) is 46.9 Å². The number of benzene rings is 2. The summed E-state index contributed by atoms with van der Waals surface area (Å²) >= 11 is 3.46. The fraction of sp³-hybridized carbons (Fsp3) is 0.217. The van der Waals surface area contributed by atoms with Crippen molar-refractivity contribution in [1.82, 2.24) is 19.8 Å². The number of nitrogens with zero attached hydrogens (tertiary/aromatic N) is 4. The fourth-order valence-electron chi connectivity index (χ4n) is 3.51. The highest BCUT2D eigenvalue weighted by Crippen LogP contribution is 2.30. The van der Waals surface area contributed by atoms with Crippen LogP contribution in [0.5, 0.6) is 5.75 Å². The average molecular weight is 496 g/mol. The van der Waals surface area contributed by atoms with Gasteiger partial charge in [0.15, 0.2) is 11.3 Å². The van der Waals surface area contributed by atoms with Crippen LogP contribution in [0.4, 0.5) is 5.69 Å². The number of anilines is 1.